The molecule has 4 aliphatic heterocycles. The lowest BCUT2D eigenvalue weighted by Gasteiger charge is -2.47. The predicted molar refractivity (Wildman–Crippen MR) is 153 cm³/mol. The first kappa shape index (κ1) is 37.8. The molecule has 19 nitrogen and oxygen atoms in total. The van der Waals surface area contributed by atoms with Gasteiger partial charge in [-0.25, -0.2) is 0 Å². The highest BCUT2D eigenvalue weighted by Crippen LogP contribution is 2.31. The summed E-state index contributed by atoms with van der Waals surface area (Å²) in [7, 11) is 0. The van der Waals surface area contributed by atoms with E-state index in [1.165, 1.54) is 13.2 Å². The van der Waals surface area contributed by atoms with Gasteiger partial charge in [-0.3, -0.25) is 4.90 Å². The van der Waals surface area contributed by atoms with Crippen LogP contribution in [0.4, 0.5) is 0 Å². The maximum atomic E-state index is 11.2. The van der Waals surface area contributed by atoms with E-state index in [1.54, 1.807) is 12.1 Å². The fourth-order valence-electron chi connectivity index (χ4n) is 6.27. The van der Waals surface area contributed by atoms with E-state index in [4.69, 9.17) is 37.6 Å². The molecular weight excluding hydrogens is 650 g/mol. The van der Waals surface area contributed by atoms with Gasteiger partial charge in [0.2, 0.25) is 0 Å². The summed E-state index contributed by atoms with van der Waals surface area (Å²) < 4.78 is 45.3. The van der Waals surface area contributed by atoms with E-state index < -0.39 is 124 Å². The molecule has 0 aromatic carbocycles. The van der Waals surface area contributed by atoms with Crippen LogP contribution in [0.2, 0.25) is 0 Å². The smallest absolute Gasteiger partial charge is 0.187 e. The minimum Gasteiger partial charge on any atom is -0.468 e. The summed E-state index contributed by atoms with van der Waals surface area (Å²) in [5.74, 6) is 0.669. The minimum atomic E-state index is -1.79. The Morgan fingerprint density at radius 3 is 2.02 bits per heavy atom. The molecule has 48 heavy (non-hydrogen) atoms. The molecule has 5 rings (SSSR count). The highest BCUT2D eigenvalue weighted by Gasteiger charge is 2.51. The van der Waals surface area contributed by atoms with Crippen LogP contribution in [0.1, 0.15) is 12.7 Å². The van der Waals surface area contributed by atoms with Crippen LogP contribution in [-0.4, -0.2) is 200 Å². The van der Waals surface area contributed by atoms with Gasteiger partial charge in [-0.2, -0.15) is 0 Å². The van der Waals surface area contributed by atoms with E-state index in [0.29, 0.717) is 18.8 Å². The van der Waals surface area contributed by atoms with Crippen molar-refractivity contribution in [2.75, 3.05) is 39.5 Å². The Hall–Kier alpha value is -1.44. The third kappa shape index (κ3) is 8.36. The summed E-state index contributed by atoms with van der Waals surface area (Å²) in [6, 6.07) is 3.53. The quantitative estimate of drug-likeness (QED) is 0.0974. The molecule has 17 atom stereocenters. The number of furan rings is 1. The SMILES string of the molecule is CC1OC(COC2OC(CO)C(O)C(OC3CN(Cc4ccco4)CC(CO)O3)[C@@H]2O)C(O)C(OC2OC(CO)C(O)C(O)C2O)C1O. The number of rotatable bonds is 12. The van der Waals surface area contributed by atoms with Gasteiger partial charge >= 0.3 is 0 Å². The molecule has 0 aliphatic carbocycles. The third-order valence-electron chi connectivity index (χ3n) is 9.00. The summed E-state index contributed by atoms with van der Waals surface area (Å²) in [5.41, 5.74) is 0. The highest BCUT2D eigenvalue weighted by molar-refractivity contribution is 4.99. The molecule has 0 amide bonds. The highest BCUT2D eigenvalue weighted by atomic mass is 16.7. The normalized spacial score (nSPS) is 46.1. The minimum absolute atomic E-state index is 0.182. The van der Waals surface area contributed by atoms with E-state index in [9.17, 15) is 51.1 Å². The molecular formula is C29H47NO18. The predicted octanol–water partition coefficient (Wildman–Crippen LogP) is -5.67. The summed E-state index contributed by atoms with van der Waals surface area (Å²) in [5, 5.41) is 104. The standard InChI is InChI=1S/C29H47NO18/c1-12-19(34)26(48-29-24(39)23(38)20(35)15(9-32)46-29)22(37)17(43-12)11-42-28-25(40)27(21(36)16(10-33)45-28)47-18-7-30(6-14(8-31)44-18)5-13-3-2-4-41-13/h2-4,12,14-29,31-40H,5-11H2,1H3/t12?,14?,15?,16?,17?,18?,19?,20?,21?,22?,23?,24?,25-,26?,27?,28?,29?/m0/s1. The second-order valence-electron chi connectivity index (χ2n) is 12.4. The Morgan fingerprint density at radius 2 is 1.35 bits per heavy atom. The lowest BCUT2D eigenvalue weighted by molar-refractivity contribution is -0.352. The molecule has 5 heterocycles. The zero-order chi connectivity index (χ0) is 34.7. The first-order valence-corrected chi connectivity index (χ1v) is 15.8. The lowest BCUT2D eigenvalue weighted by atomic mass is 9.94. The Kier molecular flexibility index (Phi) is 13.2. The Bertz CT molecular complexity index is 1100. The molecule has 4 fully saturated rings. The van der Waals surface area contributed by atoms with Crippen LogP contribution in [0.25, 0.3) is 0 Å². The van der Waals surface area contributed by atoms with Crippen molar-refractivity contribution in [3.8, 4) is 0 Å². The molecule has 0 spiro atoms. The van der Waals surface area contributed by atoms with Gasteiger partial charge in [-0.15, -0.1) is 0 Å². The van der Waals surface area contributed by atoms with E-state index >= 15 is 0 Å². The Labute approximate surface area is 275 Å². The molecule has 16 unspecified atom stereocenters. The van der Waals surface area contributed by atoms with Gasteiger partial charge in [-0.05, 0) is 19.1 Å². The maximum absolute atomic E-state index is 11.2. The first-order valence-electron chi connectivity index (χ1n) is 15.8. The summed E-state index contributed by atoms with van der Waals surface area (Å²) in [4.78, 5) is 1.91. The van der Waals surface area contributed by atoms with Gasteiger partial charge in [0.15, 0.2) is 18.9 Å². The van der Waals surface area contributed by atoms with Gasteiger partial charge in [0, 0.05) is 6.54 Å². The Balaban J connectivity index is 1.22. The zero-order valence-electron chi connectivity index (χ0n) is 26.2. The molecule has 276 valence electrons. The van der Waals surface area contributed by atoms with Crippen LogP contribution in [0.15, 0.2) is 22.8 Å². The molecule has 0 bridgehead atoms. The number of morpholine rings is 1. The van der Waals surface area contributed by atoms with Gasteiger partial charge in [-0.1, -0.05) is 0 Å². The van der Waals surface area contributed by atoms with Crippen molar-refractivity contribution in [1.29, 1.82) is 0 Å². The van der Waals surface area contributed by atoms with Crippen LogP contribution in [0.3, 0.4) is 0 Å². The van der Waals surface area contributed by atoms with Gasteiger partial charge in [0.05, 0.1) is 58.0 Å². The molecule has 19 heteroatoms. The number of hydrogen-bond acceptors (Lipinski definition) is 19. The van der Waals surface area contributed by atoms with Crippen molar-refractivity contribution < 1.29 is 88.6 Å². The van der Waals surface area contributed by atoms with Gasteiger partial charge < -0.3 is 88.6 Å². The summed E-state index contributed by atoms with van der Waals surface area (Å²) >= 11 is 0. The number of hydrogen-bond donors (Lipinski definition) is 10. The van der Waals surface area contributed by atoms with Crippen LogP contribution in [-0.2, 0) is 39.7 Å². The largest absolute Gasteiger partial charge is 0.468 e. The molecule has 1 aromatic heterocycles. The number of nitrogens with zero attached hydrogens (tertiary/aromatic N) is 1. The van der Waals surface area contributed by atoms with Crippen LogP contribution >= 0.6 is 0 Å². The second kappa shape index (κ2) is 16.7. The van der Waals surface area contributed by atoms with Crippen molar-refractivity contribution >= 4 is 0 Å². The molecule has 0 radical (unpaired) electrons. The number of aliphatic hydroxyl groups excluding tert-OH is 10. The number of ether oxygens (including phenoxy) is 7. The van der Waals surface area contributed by atoms with Crippen molar-refractivity contribution in [2.24, 2.45) is 0 Å². The van der Waals surface area contributed by atoms with Crippen LogP contribution in [0, 0.1) is 0 Å². The van der Waals surface area contributed by atoms with Gasteiger partial charge in [0.1, 0.15) is 79.0 Å². The lowest BCUT2D eigenvalue weighted by Crippen LogP contribution is -2.65. The first-order chi connectivity index (χ1) is 22.9. The summed E-state index contributed by atoms with van der Waals surface area (Å²) in [6.45, 7) is 0.209. The Morgan fingerprint density at radius 1 is 0.688 bits per heavy atom. The van der Waals surface area contributed by atoms with E-state index in [2.05, 4.69) is 0 Å². The van der Waals surface area contributed by atoms with E-state index in [1.807, 2.05) is 4.90 Å². The molecule has 10 N–H and O–H groups in total. The van der Waals surface area contributed by atoms with Crippen LogP contribution in [0.5, 0.6) is 0 Å². The monoisotopic (exact) mass is 697 g/mol. The third-order valence-corrected chi connectivity index (χ3v) is 9.00. The van der Waals surface area contributed by atoms with Crippen molar-refractivity contribution in [3.63, 3.8) is 0 Å². The van der Waals surface area contributed by atoms with Crippen molar-refractivity contribution in [1.82, 2.24) is 4.90 Å². The second-order valence-corrected chi connectivity index (χ2v) is 12.4. The fraction of sp³-hybridized carbons (Fsp3) is 0.862. The molecule has 4 aliphatic rings. The topological polar surface area (TPSA) is 283 Å². The maximum Gasteiger partial charge on any atom is 0.187 e. The average molecular weight is 698 g/mol. The molecule has 0 saturated carbocycles. The van der Waals surface area contributed by atoms with Crippen molar-refractivity contribution in [2.45, 2.75) is 118 Å². The number of aliphatic hydroxyl groups is 10. The molecule has 4 saturated heterocycles. The van der Waals surface area contributed by atoms with Gasteiger partial charge in [0.25, 0.3) is 0 Å². The van der Waals surface area contributed by atoms with Crippen LogP contribution < -0.4 is 0 Å². The molecule has 1 aromatic rings. The fourth-order valence-corrected chi connectivity index (χ4v) is 6.27. The van der Waals surface area contributed by atoms with E-state index in [0.717, 1.165) is 0 Å². The average Bonchev–Trinajstić information content (AvgIpc) is 3.59. The van der Waals surface area contributed by atoms with Crippen molar-refractivity contribution in [3.05, 3.63) is 24.2 Å². The zero-order valence-corrected chi connectivity index (χ0v) is 26.2. The van der Waals surface area contributed by atoms with E-state index in [-0.39, 0.29) is 13.2 Å². The summed E-state index contributed by atoms with van der Waals surface area (Å²) in [6.07, 6.45) is -22.4.